The van der Waals surface area contributed by atoms with Crippen LogP contribution < -0.4 is 4.74 Å². The van der Waals surface area contributed by atoms with E-state index < -0.39 is 5.97 Å². The van der Waals surface area contributed by atoms with Crippen LogP contribution in [-0.4, -0.2) is 67.0 Å². The molecule has 3 rings (SSSR count). The molecule has 7 nitrogen and oxygen atoms in total. The summed E-state index contributed by atoms with van der Waals surface area (Å²) in [7, 11) is 0. The zero-order valence-corrected chi connectivity index (χ0v) is 15.5. The van der Waals surface area contributed by atoms with Gasteiger partial charge in [-0.15, -0.1) is 0 Å². The summed E-state index contributed by atoms with van der Waals surface area (Å²) >= 11 is 0. The molecule has 1 aromatic carbocycles. The van der Waals surface area contributed by atoms with Gasteiger partial charge in [-0.25, -0.2) is 0 Å². The second-order valence-corrected chi connectivity index (χ2v) is 6.96. The van der Waals surface area contributed by atoms with Gasteiger partial charge >= 0.3 is 5.97 Å². The number of rotatable bonds is 8. The first-order chi connectivity index (χ1) is 13.1. The van der Waals surface area contributed by atoms with Crippen molar-refractivity contribution in [3.8, 4) is 5.75 Å². The number of carboxylic acids is 1. The van der Waals surface area contributed by atoms with Crippen LogP contribution in [0.2, 0.25) is 0 Å². The molecule has 0 aliphatic carbocycles. The molecule has 148 valence electrons. The van der Waals surface area contributed by atoms with Crippen molar-refractivity contribution in [2.75, 3.05) is 33.0 Å². The molecular formula is C20H27NO6. The minimum atomic E-state index is -0.909. The monoisotopic (exact) mass is 377 g/mol. The van der Waals surface area contributed by atoms with Crippen molar-refractivity contribution in [2.24, 2.45) is 0 Å². The molecule has 0 aromatic heterocycles. The second-order valence-electron chi connectivity index (χ2n) is 6.96. The van der Waals surface area contributed by atoms with Gasteiger partial charge in [0.25, 0.3) is 5.91 Å². The molecule has 2 fully saturated rings. The molecule has 0 spiro atoms. The van der Waals surface area contributed by atoms with Gasteiger partial charge in [0.05, 0.1) is 12.5 Å². The Bertz CT molecular complexity index is 637. The predicted octanol–water partition coefficient (Wildman–Crippen LogP) is 2.34. The average molecular weight is 377 g/mol. The zero-order valence-electron chi connectivity index (χ0n) is 15.5. The van der Waals surface area contributed by atoms with Crippen molar-refractivity contribution in [3.63, 3.8) is 0 Å². The largest absolute Gasteiger partial charge is 0.491 e. The van der Waals surface area contributed by atoms with Crippen LogP contribution in [0.15, 0.2) is 24.3 Å². The van der Waals surface area contributed by atoms with Crippen LogP contribution in [0.25, 0.3) is 0 Å². The number of hydrogen-bond donors (Lipinski definition) is 1. The van der Waals surface area contributed by atoms with Crippen LogP contribution in [0.5, 0.6) is 5.75 Å². The summed E-state index contributed by atoms with van der Waals surface area (Å²) in [6, 6.07) is 7.08. The number of hydrogen-bond acceptors (Lipinski definition) is 5. The Morgan fingerprint density at radius 1 is 1.19 bits per heavy atom. The van der Waals surface area contributed by atoms with Gasteiger partial charge < -0.3 is 24.2 Å². The summed E-state index contributed by atoms with van der Waals surface area (Å²) in [5.41, 5.74) is 0.511. The van der Waals surface area contributed by atoms with E-state index in [0.29, 0.717) is 31.1 Å². The number of ether oxygens (including phenoxy) is 3. The highest BCUT2D eigenvalue weighted by Gasteiger charge is 2.27. The molecule has 0 bridgehead atoms. The SMILES string of the molecule is O=C(O)CCN(C(=O)c1cccc(OCC2CCCO2)c1)C1CCOCC1. The summed E-state index contributed by atoms with van der Waals surface area (Å²) in [4.78, 5) is 25.8. The Morgan fingerprint density at radius 2 is 2.00 bits per heavy atom. The van der Waals surface area contributed by atoms with E-state index in [1.807, 2.05) is 6.07 Å². The Labute approximate surface area is 159 Å². The fourth-order valence-corrected chi connectivity index (χ4v) is 3.51. The lowest BCUT2D eigenvalue weighted by atomic mass is 10.0. The maximum Gasteiger partial charge on any atom is 0.305 e. The van der Waals surface area contributed by atoms with Gasteiger partial charge in [0.15, 0.2) is 0 Å². The third kappa shape index (κ3) is 5.68. The van der Waals surface area contributed by atoms with Crippen LogP contribution in [0.4, 0.5) is 0 Å². The number of amides is 1. The van der Waals surface area contributed by atoms with Gasteiger partial charge in [-0.05, 0) is 43.9 Å². The lowest BCUT2D eigenvalue weighted by Gasteiger charge is -2.34. The molecule has 1 aromatic rings. The smallest absolute Gasteiger partial charge is 0.305 e. The number of aliphatic carboxylic acids is 1. The van der Waals surface area contributed by atoms with Crippen molar-refractivity contribution in [1.82, 2.24) is 4.90 Å². The summed E-state index contributed by atoms with van der Waals surface area (Å²) in [6.07, 6.45) is 3.53. The fraction of sp³-hybridized carbons (Fsp3) is 0.600. The number of benzene rings is 1. The van der Waals surface area contributed by atoms with Gasteiger partial charge in [0.2, 0.25) is 0 Å². The predicted molar refractivity (Wildman–Crippen MR) is 98.0 cm³/mol. The lowest BCUT2D eigenvalue weighted by molar-refractivity contribution is -0.137. The quantitative estimate of drug-likeness (QED) is 0.748. The fourth-order valence-electron chi connectivity index (χ4n) is 3.51. The van der Waals surface area contributed by atoms with E-state index in [2.05, 4.69) is 0 Å². The highest BCUT2D eigenvalue weighted by Crippen LogP contribution is 2.21. The minimum Gasteiger partial charge on any atom is -0.491 e. The first-order valence-corrected chi connectivity index (χ1v) is 9.58. The standard InChI is InChI=1S/C20H27NO6/c22-19(23)6-9-21(16-7-11-25-12-8-16)20(24)15-3-1-4-17(13-15)27-14-18-5-2-10-26-18/h1,3-4,13,16,18H,2,5-12,14H2,(H,22,23). The third-order valence-electron chi connectivity index (χ3n) is 5.00. The van der Waals surface area contributed by atoms with Crippen molar-refractivity contribution in [3.05, 3.63) is 29.8 Å². The van der Waals surface area contributed by atoms with Crippen LogP contribution >= 0.6 is 0 Å². The molecule has 1 atom stereocenters. The first-order valence-electron chi connectivity index (χ1n) is 9.58. The van der Waals surface area contributed by atoms with Gasteiger partial charge in [-0.2, -0.15) is 0 Å². The van der Waals surface area contributed by atoms with Crippen LogP contribution in [-0.2, 0) is 14.3 Å². The number of carbonyl (C=O) groups excluding carboxylic acids is 1. The molecule has 1 N–H and O–H groups in total. The van der Waals surface area contributed by atoms with Crippen molar-refractivity contribution < 1.29 is 28.9 Å². The molecule has 1 amide bonds. The second kappa shape index (κ2) is 9.71. The molecule has 27 heavy (non-hydrogen) atoms. The van der Waals surface area contributed by atoms with Gasteiger partial charge in [0.1, 0.15) is 12.4 Å². The molecule has 2 aliphatic heterocycles. The zero-order chi connectivity index (χ0) is 19.1. The van der Waals surface area contributed by atoms with Gasteiger partial charge in [0, 0.05) is 38.0 Å². The van der Waals surface area contributed by atoms with Crippen LogP contribution in [0.1, 0.15) is 42.5 Å². The Kier molecular flexibility index (Phi) is 7.06. The molecule has 0 saturated carbocycles. The maximum atomic E-state index is 13.1. The summed E-state index contributed by atoms with van der Waals surface area (Å²) in [6.45, 7) is 2.62. The van der Waals surface area contributed by atoms with E-state index in [-0.39, 0.29) is 31.0 Å². The number of nitrogens with zero attached hydrogens (tertiary/aromatic N) is 1. The van der Waals surface area contributed by atoms with E-state index in [4.69, 9.17) is 19.3 Å². The third-order valence-corrected chi connectivity index (χ3v) is 5.00. The normalized spacial score (nSPS) is 20.4. The summed E-state index contributed by atoms with van der Waals surface area (Å²) < 4.78 is 16.7. The number of carboxylic acid groups (broad SMARTS) is 1. The van der Waals surface area contributed by atoms with Gasteiger partial charge in [-0.3, -0.25) is 9.59 Å². The Morgan fingerprint density at radius 3 is 2.70 bits per heavy atom. The van der Waals surface area contributed by atoms with Crippen LogP contribution in [0.3, 0.4) is 0 Å². The molecule has 0 radical (unpaired) electrons. The minimum absolute atomic E-state index is 0.00191. The van der Waals surface area contributed by atoms with Crippen molar-refractivity contribution in [1.29, 1.82) is 0 Å². The molecule has 2 saturated heterocycles. The van der Waals surface area contributed by atoms with E-state index in [0.717, 1.165) is 32.3 Å². The van der Waals surface area contributed by atoms with E-state index in [1.165, 1.54) is 0 Å². The molecular weight excluding hydrogens is 350 g/mol. The van der Waals surface area contributed by atoms with Gasteiger partial charge in [-0.1, -0.05) is 6.07 Å². The first kappa shape index (κ1) is 19.6. The average Bonchev–Trinajstić information content (AvgIpc) is 3.21. The molecule has 1 unspecified atom stereocenters. The van der Waals surface area contributed by atoms with E-state index in [9.17, 15) is 9.59 Å². The molecule has 2 heterocycles. The Hall–Kier alpha value is -2.12. The summed E-state index contributed by atoms with van der Waals surface area (Å²) in [5, 5.41) is 9.04. The van der Waals surface area contributed by atoms with E-state index >= 15 is 0 Å². The molecule has 2 aliphatic rings. The summed E-state index contributed by atoms with van der Waals surface area (Å²) in [5.74, 6) is -0.444. The van der Waals surface area contributed by atoms with Crippen molar-refractivity contribution in [2.45, 2.75) is 44.2 Å². The highest BCUT2D eigenvalue weighted by molar-refractivity contribution is 5.95. The van der Waals surface area contributed by atoms with Crippen molar-refractivity contribution >= 4 is 11.9 Å². The molecule has 7 heteroatoms. The highest BCUT2D eigenvalue weighted by atomic mass is 16.5. The lowest BCUT2D eigenvalue weighted by Crippen LogP contribution is -2.44. The van der Waals surface area contributed by atoms with E-state index in [1.54, 1.807) is 23.1 Å². The topological polar surface area (TPSA) is 85.3 Å². The number of carbonyl (C=O) groups is 2. The maximum absolute atomic E-state index is 13.1. The van der Waals surface area contributed by atoms with Crippen LogP contribution in [0, 0.1) is 0 Å². The Balaban J connectivity index is 1.67.